The average molecular weight is 1890 g/mol. The number of nitrogens with one attached hydrogen (secondary N) is 3. The molecule has 3 N–H and O–H groups in total. The minimum atomic E-state index is -0.570. The third-order valence-corrected chi connectivity index (χ3v) is 29.2. The fourth-order valence-electron chi connectivity index (χ4n) is 20.9. The van der Waals surface area contributed by atoms with E-state index in [4.69, 9.17) is 33.2 Å². The van der Waals surface area contributed by atoms with Crippen molar-refractivity contribution in [2.45, 2.75) is 147 Å². The van der Waals surface area contributed by atoms with Crippen molar-refractivity contribution in [2.75, 3.05) is 169 Å². The van der Waals surface area contributed by atoms with Gasteiger partial charge in [-0.2, -0.15) is 0 Å². The first kappa shape index (κ1) is 100. The fraction of sp³-hybridized carbons (Fsp3) is 0.432. The second kappa shape index (κ2) is 47.5. The molecule has 5 fully saturated rings. The summed E-state index contributed by atoms with van der Waals surface area (Å²) in [7, 11) is 11.0. The van der Waals surface area contributed by atoms with Gasteiger partial charge in [0.2, 0.25) is 17.7 Å². The number of imide groups is 3. The van der Waals surface area contributed by atoms with Crippen LogP contribution in [0.5, 0.6) is 34.5 Å². The number of anilines is 3. The molecule has 139 heavy (non-hydrogen) atoms. The van der Waals surface area contributed by atoms with E-state index in [9.17, 15) is 43.2 Å². The molecule has 28 nitrogen and oxygen atoms in total. The Morgan fingerprint density at radius 1 is 0.317 bits per heavy atom. The zero-order valence-electron chi connectivity index (χ0n) is 81.9. The van der Waals surface area contributed by atoms with Crippen LogP contribution in [0.4, 0.5) is 17.1 Å². The van der Waals surface area contributed by atoms with Gasteiger partial charge < -0.3 is 63.8 Å². The highest BCUT2D eigenvalue weighted by atomic mass is 16.5. The van der Waals surface area contributed by atoms with Gasteiger partial charge >= 0.3 is 0 Å². The van der Waals surface area contributed by atoms with Gasteiger partial charge in [-0.3, -0.25) is 72.6 Å². The van der Waals surface area contributed by atoms with E-state index in [-0.39, 0.29) is 77.5 Å². The minimum absolute atomic E-state index is 0.0923. The number of hydrogen-bond donors (Lipinski definition) is 3. The number of carbonyl (C=O) groups excluding carboxylic acids is 9. The molecule has 9 amide bonds. The second-order valence-electron chi connectivity index (χ2n) is 37.0. The van der Waals surface area contributed by atoms with Crippen molar-refractivity contribution in [3.8, 4) is 34.5 Å². The highest BCUT2D eigenvalue weighted by Gasteiger charge is 2.48. The van der Waals surface area contributed by atoms with E-state index in [0.717, 1.165) is 157 Å². The number of amides is 9. The first-order chi connectivity index (χ1) is 67.7. The average Bonchev–Trinajstić information content (AvgIpc) is 1.60. The van der Waals surface area contributed by atoms with Gasteiger partial charge in [0, 0.05) is 142 Å². The van der Waals surface area contributed by atoms with Gasteiger partial charge in [-0.15, -0.1) is 0 Å². The van der Waals surface area contributed by atoms with Gasteiger partial charge in [-0.25, -0.2) is 0 Å². The lowest BCUT2D eigenvalue weighted by molar-refractivity contribution is -0.127. The molecular weight excluding hydrogens is 1760 g/mol. The van der Waals surface area contributed by atoms with E-state index < -0.39 is 18.1 Å². The molecule has 6 atom stereocenters. The van der Waals surface area contributed by atoms with E-state index in [2.05, 4.69) is 139 Å². The van der Waals surface area contributed by atoms with Crippen LogP contribution in [-0.2, 0) is 19.1 Å². The lowest BCUT2D eigenvalue weighted by atomic mass is 9.85. The van der Waals surface area contributed by atoms with Crippen LogP contribution in [0.15, 0.2) is 200 Å². The fourth-order valence-corrected chi connectivity index (χ4v) is 20.9. The van der Waals surface area contributed by atoms with Crippen molar-refractivity contribution in [2.24, 2.45) is 11.8 Å². The van der Waals surface area contributed by atoms with Gasteiger partial charge in [-0.1, -0.05) is 147 Å². The molecule has 3 saturated heterocycles. The lowest BCUT2D eigenvalue weighted by Gasteiger charge is -2.39. The monoisotopic (exact) mass is 1890 g/mol. The molecule has 0 radical (unpaired) electrons. The number of ether oxygens (including phenoxy) is 7. The summed E-state index contributed by atoms with van der Waals surface area (Å²) in [6.45, 7) is 18.1. The smallest absolute Gasteiger partial charge is 0.264 e. The van der Waals surface area contributed by atoms with Crippen molar-refractivity contribution >= 4 is 70.2 Å². The lowest BCUT2D eigenvalue weighted by Crippen LogP contribution is -2.47. The number of nitrogens with zero attached hydrogens (tertiary/aromatic N) is 9. The van der Waals surface area contributed by atoms with Gasteiger partial charge in [0.15, 0.2) is 34.5 Å². The van der Waals surface area contributed by atoms with Crippen LogP contribution >= 0.6 is 0 Å². The largest absolute Gasteiger partial charge is 0.493 e. The summed E-state index contributed by atoms with van der Waals surface area (Å²) in [5.41, 5.74) is 11.3. The Hall–Kier alpha value is -13.2. The van der Waals surface area contributed by atoms with E-state index in [1.54, 1.807) is 80.1 Å². The predicted octanol–water partition coefficient (Wildman–Crippen LogP) is 16.5. The first-order valence-electron chi connectivity index (χ1n) is 49.3. The number of fused-ring (bicyclic) bond motifs is 3. The molecule has 6 aliphatic heterocycles. The number of carbonyl (C=O) groups is 9. The molecule has 734 valence electrons. The van der Waals surface area contributed by atoms with Gasteiger partial charge in [-0.05, 0) is 191 Å². The maximum Gasteiger partial charge on any atom is 0.264 e. The van der Waals surface area contributed by atoms with Gasteiger partial charge in [0.25, 0.3) is 35.4 Å². The SMILES string of the molecule is COCCC(=O)NCCC[C@H](c1ccc(OC)c(OC)c1)N1C(=O)c2cccc(N3CCN([C@H](C)c4ccccc4)CC3)c2C1=O.COc1ccc([C@@H](CCCNC(=O)C2CCC2)N2C(=O)c3cccc(N4CCN([C@H](C)c5ccccc5)CC4)c3C2=O)cc1OC.COc1ccc([C@@H](CCCNC(=O)C2CCCC2)N2C(=O)c3cccc(N4CCN([C@H](C)c5ccccc5)CC4)c3C2=O)cc1OC. The van der Waals surface area contributed by atoms with Crippen molar-refractivity contribution < 1.29 is 76.3 Å². The summed E-state index contributed by atoms with van der Waals surface area (Å²) in [5, 5.41) is 9.05. The molecule has 0 unspecified atom stereocenters. The zero-order chi connectivity index (χ0) is 97.8. The van der Waals surface area contributed by atoms with Crippen LogP contribution in [0.3, 0.4) is 0 Å². The third-order valence-electron chi connectivity index (χ3n) is 29.2. The van der Waals surface area contributed by atoms with Crippen LogP contribution in [-0.4, -0.2) is 237 Å². The Balaban J connectivity index is 0.000000158. The molecule has 28 heteroatoms. The second-order valence-corrected chi connectivity index (χ2v) is 37.0. The van der Waals surface area contributed by atoms with E-state index in [1.807, 2.05) is 97.1 Å². The highest BCUT2D eigenvalue weighted by Crippen LogP contribution is 2.47. The molecule has 9 aromatic carbocycles. The Morgan fingerprint density at radius 2 is 0.604 bits per heavy atom. The molecular formula is C111H134N12O16. The molecule has 9 aromatic rings. The van der Waals surface area contributed by atoms with Crippen molar-refractivity contribution in [1.29, 1.82) is 0 Å². The summed E-state index contributed by atoms with van der Waals surface area (Å²) in [5.74, 6) is 1.80. The normalized spacial score (nSPS) is 17.6. The first-order valence-corrected chi connectivity index (χ1v) is 49.3. The summed E-state index contributed by atoms with van der Waals surface area (Å²) < 4.78 is 38.1. The summed E-state index contributed by atoms with van der Waals surface area (Å²) >= 11 is 0. The zero-order valence-corrected chi connectivity index (χ0v) is 81.9. The standard InChI is InChI=1S/C38H46N4O5.C37H44N4O5.C36H44N4O6/c1-26(27-11-5-4-6-12-27)40-21-23-41(24-22-40)32-16-9-15-30-35(32)38(45)42(37(30)44)31(29-18-19-33(46-2)34(25-29)47-3)17-10-20-39-36(43)28-13-7-8-14-28;1-25(26-10-5-4-6-11-26)39-20-22-40(23-21-39)31-15-8-14-29-34(31)37(44)41(36(29)43)30(16-9-19-38-35(42)27-12-7-13-27)28-17-18-32(45-2)33(24-28)46-3;1-25(26-10-6-5-7-11-26)38-19-21-39(22-20-38)30-13-8-12-28-34(30)36(43)40(35(28)42)29(14-9-18-37-33(41)17-23-44-2)27-15-16-31(45-3)32(24-27)46-4/h4-6,9,11-12,15-16,18-19,25-26,28,31H,7-8,10,13-14,17,20-24H2,1-3H3,(H,39,43);4-6,8,10-11,14-15,17-18,24-25,27,30H,7,9,12-13,16,19-23H2,1-3H3,(H,38,42);5-8,10-13,15-16,24-25,29H,9,14,17-23H2,1-4H3,(H,37,41)/t26-,31-;25-,30-;25-,29-/m111/s1. The molecule has 17 rings (SSSR count). The predicted molar refractivity (Wildman–Crippen MR) is 536 cm³/mol. The Labute approximate surface area is 816 Å². The van der Waals surface area contributed by atoms with Gasteiger partial charge in [0.1, 0.15) is 0 Å². The molecule has 0 aromatic heterocycles. The molecule has 0 bridgehead atoms. The van der Waals surface area contributed by atoms with E-state index >= 15 is 0 Å². The molecule has 8 aliphatic rings. The van der Waals surface area contributed by atoms with Crippen LogP contribution < -0.4 is 59.1 Å². The third kappa shape index (κ3) is 22.7. The number of benzene rings is 9. The topological polar surface area (TPSA) is 283 Å². The molecule has 0 spiro atoms. The quantitative estimate of drug-likeness (QED) is 0.0239. The summed E-state index contributed by atoms with van der Waals surface area (Å²) in [4.78, 5) is 141. The van der Waals surface area contributed by atoms with E-state index in [0.29, 0.717) is 145 Å². The van der Waals surface area contributed by atoms with Crippen molar-refractivity contribution in [3.05, 3.63) is 267 Å². The summed E-state index contributed by atoms with van der Waals surface area (Å²) in [6.07, 6.45) is 10.6. The molecule has 2 saturated carbocycles. The highest BCUT2D eigenvalue weighted by molar-refractivity contribution is 6.26. The maximum absolute atomic E-state index is 14.4. The van der Waals surface area contributed by atoms with Crippen molar-refractivity contribution in [3.63, 3.8) is 0 Å². The number of rotatable bonds is 38. The Kier molecular flexibility index (Phi) is 34.3. The van der Waals surface area contributed by atoms with Crippen LogP contribution in [0.25, 0.3) is 0 Å². The number of methoxy groups -OCH3 is 7. The number of hydrogen-bond acceptors (Lipinski definition) is 22. The number of piperazine rings is 3. The Morgan fingerprint density at radius 3 is 0.878 bits per heavy atom. The maximum atomic E-state index is 14.4. The van der Waals surface area contributed by atoms with Crippen LogP contribution in [0.1, 0.15) is 242 Å². The molecule has 2 aliphatic carbocycles. The van der Waals surface area contributed by atoms with E-state index in [1.165, 1.54) is 31.4 Å². The summed E-state index contributed by atoms with van der Waals surface area (Å²) in [6, 6.07) is 64.1. The van der Waals surface area contributed by atoms with Crippen LogP contribution in [0.2, 0.25) is 0 Å². The Bertz CT molecular complexity index is 5780. The minimum Gasteiger partial charge on any atom is -0.493 e. The van der Waals surface area contributed by atoms with Crippen LogP contribution in [0, 0.1) is 11.8 Å². The molecule has 6 heterocycles. The van der Waals surface area contributed by atoms with Gasteiger partial charge in [0.05, 0.1) is 118 Å². The van der Waals surface area contributed by atoms with Crippen molar-refractivity contribution in [1.82, 2.24) is 45.3 Å².